The van der Waals surface area contributed by atoms with Gasteiger partial charge < -0.3 is 10.2 Å². The summed E-state index contributed by atoms with van der Waals surface area (Å²) in [4.78, 5) is 24.0. The number of nitrogens with one attached hydrogen (secondary N) is 1. The summed E-state index contributed by atoms with van der Waals surface area (Å²) in [5.41, 5.74) is 4.17. The van der Waals surface area contributed by atoms with E-state index in [4.69, 9.17) is 0 Å². The fourth-order valence-electron chi connectivity index (χ4n) is 3.72. The van der Waals surface area contributed by atoms with Crippen molar-refractivity contribution < 1.29 is 4.79 Å². The predicted octanol–water partition coefficient (Wildman–Crippen LogP) is 3.55. The summed E-state index contributed by atoms with van der Waals surface area (Å²) in [7, 11) is 1.83. The van der Waals surface area contributed by atoms with Crippen molar-refractivity contribution in [2.75, 3.05) is 11.9 Å². The largest absolute Gasteiger partial charge is 0.339 e. The van der Waals surface area contributed by atoms with Gasteiger partial charge in [-0.05, 0) is 51.0 Å². The highest BCUT2D eigenvalue weighted by Gasteiger charge is 2.32. The first-order valence-electron chi connectivity index (χ1n) is 9.49. The van der Waals surface area contributed by atoms with E-state index in [2.05, 4.69) is 20.4 Å². The van der Waals surface area contributed by atoms with Crippen LogP contribution in [-0.2, 0) is 7.05 Å². The number of hydrogen-bond donors (Lipinski definition) is 1. The fraction of sp³-hybridized carbons (Fsp3) is 0.333. The van der Waals surface area contributed by atoms with Crippen molar-refractivity contribution in [2.45, 2.75) is 32.7 Å². The van der Waals surface area contributed by atoms with Crippen LogP contribution >= 0.6 is 0 Å². The second-order valence-corrected chi connectivity index (χ2v) is 7.22. The second-order valence-electron chi connectivity index (χ2n) is 7.22. The Morgan fingerprint density at radius 2 is 2.07 bits per heavy atom. The number of anilines is 2. The number of likely N-dealkylation sites (tertiary alicyclic amines) is 1. The van der Waals surface area contributed by atoms with Gasteiger partial charge in [0.05, 0.1) is 34.9 Å². The van der Waals surface area contributed by atoms with Crippen LogP contribution in [0.4, 0.5) is 11.5 Å². The van der Waals surface area contributed by atoms with Gasteiger partial charge in [-0.2, -0.15) is 5.10 Å². The zero-order chi connectivity index (χ0) is 19.7. The highest BCUT2D eigenvalue weighted by Crippen LogP contribution is 2.33. The van der Waals surface area contributed by atoms with Gasteiger partial charge in [0.2, 0.25) is 0 Å². The van der Waals surface area contributed by atoms with Crippen LogP contribution in [0, 0.1) is 13.8 Å². The molecule has 0 spiro atoms. The zero-order valence-electron chi connectivity index (χ0n) is 16.4. The molecule has 0 unspecified atom stereocenters. The lowest BCUT2D eigenvalue weighted by Gasteiger charge is -2.24. The van der Waals surface area contributed by atoms with Gasteiger partial charge in [0.15, 0.2) is 0 Å². The molecule has 144 valence electrons. The van der Waals surface area contributed by atoms with Crippen molar-refractivity contribution in [3.8, 4) is 0 Å². The Bertz CT molecular complexity index is 994. The summed E-state index contributed by atoms with van der Waals surface area (Å²) in [5, 5.41) is 7.57. The number of aromatic nitrogens is 4. The molecule has 7 heteroatoms. The summed E-state index contributed by atoms with van der Waals surface area (Å²) < 4.78 is 1.69. The van der Waals surface area contributed by atoms with Gasteiger partial charge in [0.1, 0.15) is 5.82 Å². The third-order valence-electron chi connectivity index (χ3n) is 5.05. The molecule has 1 aliphatic rings. The SMILES string of the molecule is Cc1cccc(Nc2ccc([C@H]3CCCN3C(=O)c3cn(C)nc3C)nc2)n1. The minimum absolute atomic E-state index is 0.00162. The summed E-state index contributed by atoms with van der Waals surface area (Å²) in [5.74, 6) is 0.820. The van der Waals surface area contributed by atoms with Crippen LogP contribution in [0.15, 0.2) is 42.7 Å². The van der Waals surface area contributed by atoms with E-state index in [-0.39, 0.29) is 11.9 Å². The van der Waals surface area contributed by atoms with Gasteiger partial charge >= 0.3 is 0 Å². The molecule has 1 fully saturated rings. The van der Waals surface area contributed by atoms with Crippen LogP contribution in [0.1, 0.15) is 46.3 Å². The van der Waals surface area contributed by atoms with Crippen molar-refractivity contribution in [3.05, 3.63) is 65.4 Å². The van der Waals surface area contributed by atoms with E-state index in [9.17, 15) is 4.79 Å². The van der Waals surface area contributed by atoms with Crippen molar-refractivity contribution in [3.63, 3.8) is 0 Å². The maximum Gasteiger partial charge on any atom is 0.257 e. The van der Waals surface area contributed by atoms with Crippen LogP contribution in [0.2, 0.25) is 0 Å². The normalized spacial score (nSPS) is 16.4. The molecule has 0 aromatic carbocycles. The minimum atomic E-state index is -0.00162. The Morgan fingerprint density at radius 3 is 2.75 bits per heavy atom. The van der Waals surface area contributed by atoms with Gasteiger partial charge in [0.25, 0.3) is 5.91 Å². The topological polar surface area (TPSA) is 75.9 Å². The van der Waals surface area contributed by atoms with Crippen molar-refractivity contribution in [1.82, 2.24) is 24.6 Å². The molecule has 1 amide bonds. The molecule has 28 heavy (non-hydrogen) atoms. The molecule has 0 radical (unpaired) electrons. The van der Waals surface area contributed by atoms with Gasteiger partial charge in [-0.1, -0.05) is 6.07 Å². The van der Waals surface area contributed by atoms with E-state index in [0.29, 0.717) is 5.56 Å². The molecule has 1 saturated heterocycles. The monoisotopic (exact) mass is 376 g/mol. The van der Waals surface area contributed by atoms with Crippen molar-refractivity contribution >= 4 is 17.4 Å². The zero-order valence-corrected chi connectivity index (χ0v) is 16.4. The molecule has 4 heterocycles. The maximum absolute atomic E-state index is 13.0. The van der Waals surface area contributed by atoms with E-state index in [1.807, 2.05) is 56.1 Å². The summed E-state index contributed by atoms with van der Waals surface area (Å²) >= 11 is 0. The molecule has 0 bridgehead atoms. The number of amides is 1. The van der Waals surface area contributed by atoms with Crippen molar-refractivity contribution in [2.24, 2.45) is 7.05 Å². The number of nitrogens with zero attached hydrogens (tertiary/aromatic N) is 5. The first kappa shape index (κ1) is 18.2. The van der Waals surface area contributed by atoms with Crippen LogP contribution in [0.25, 0.3) is 0 Å². The molecule has 1 N–H and O–H groups in total. The number of carbonyl (C=O) groups excluding carboxylic acids is 1. The molecule has 3 aromatic rings. The highest BCUT2D eigenvalue weighted by atomic mass is 16.2. The molecule has 7 nitrogen and oxygen atoms in total. The average molecular weight is 376 g/mol. The van der Waals surface area contributed by atoms with Crippen LogP contribution in [0.5, 0.6) is 0 Å². The fourth-order valence-corrected chi connectivity index (χ4v) is 3.72. The molecular weight excluding hydrogens is 352 g/mol. The Morgan fingerprint density at radius 1 is 1.21 bits per heavy atom. The van der Waals surface area contributed by atoms with E-state index < -0.39 is 0 Å². The number of aryl methyl sites for hydroxylation is 3. The van der Waals surface area contributed by atoms with Gasteiger partial charge in [0, 0.05) is 25.5 Å². The molecule has 1 aliphatic heterocycles. The lowest BCUT2D eigenvalue weighted by molar-refractivity contribution is 0.0732. The van der Waals surface area contributed by atoms with E-state index >= 15 is 0 Å². The Hall–Kier alpha value is -3.22. The molecule has 0 saturated carbocycles. The number of hydrogen-bond acceptors (Lipinski definition) is 5. The first-order valence-corrected chi connectivity index (χ1v) is 9.49. The van der Waals surface area contributed by atoms with Gasteiger partial charge in [-0.25, -0.2) is 4.98 Å². The quantitative estimate of drug-likeness (QED) is 0.754. The van der Waals surface area contributed by atoms with Crippen LogP contribution < -0.4 is 5.32 Å². The van der Waals surface area contributed by atoms with Gasteiger partial charge in [-0.3, -0.25) is 14.5 Å². The maximum atomic E-state index is 13.0. The van der Waals surface area contributed by atoms with Gasteiger partial charge in [-0.15, -0.1) is 0 Å². The Labute approximate surface area is 164 Å². The Kier molecular flexibility index (Phi) is 4.81. The predicted molar refractivity (Wildman–Crippen MR) is 107 cm³/mol. The molecule has 1 atom stereocenters. The second kappa shape index (κ2) is 7.42. The van der Waals surface area contributed by atoms with Crippen LogP contribution in [-0.4, -0.2) is 37.1 Å². The number of pyridine rings is 2. The molecule has 0 aliphatic carbocycles. The number of carbonyl (C=O) groups is 1. The molecular formula is C21H24N6O. The van der Waals surface area contributed by atoms with E-state index in [1.54, 1.807) is 17.1 Å². The average Bonchev–Trinajstić information content (AvgIpc) is 3.28. The lowest BCUT2D eigenvalue weighted by atomic mass is 10.1. The molecule has 3 aromatic heterocycles. The Balaban J connectivity index is 1.51. The smallest absolute Gasteiger partial charge is 0.257 e. The third-order valence-corrected chi connectivity index (χ3v) is 5.05. The van der Waals surface area contributed by atoms with Crippen molar-refractivity contribution in [1.29, 1.82) is 0 Å². The highest BCUT2D eigenvalue weighted by molar-refractivity contribution is 5.95. The number of rotatable bonds is 4. The molecule has 4 rings (SSSR count). The van der Waals surface area contributed by atoms with E-state index in [0.717, 1.165) is 48.0 Å². The third kappa shape index (κ3) is 3.60. The first-order chi connectivity index (χ1) is 13.5. The lowest BCUT2D eigenvalue weighted by Crippen LogP contribution is -2.31. The van der Waals surface area contributed by atoms with Crippen LogP contribution in [0.3, 0.4) is 0 Å². The summed E-state index contributed by atoms with van der Waals surface area (Å²) in [6.45, 7) is 4.57. The minimum Gasteiger partial charge on any atom is -0.339 e. The summed E-state index contributed by atoms with van der Waals surface area (Å²) in [6.07, 6.45) is 5.49. The van der Waals surface area contributed by atoms with E-state index in [1.165, 1.54) is 0 Å². The summed E-state index contributed by atoms with van der Waals surface area (Å²) in [6, 6.07) is 9.83. The standard InChI is InChI=1S/C21H24N6O/c1-14-6-4-8-20(23-14)24-16-9-10-18(22-12-16)19-7-5-11-27(19)21(28)17-13-26(3)25-15(17)2/h4,6,8-10,12-13,19H,5,7,11H2,1-3H3,(H,23,24)/t19-/m1/s1.